The number of carbonyl (C=O) groups excluding carboxylic acids is 1. The first kappa shape index (κ1) is 16.1. The Bertz CT molecular complexity index is 478. The van der Waals surface area contributed by atoms with Gasteiger partial charge in [0.05, 0.1) is 0 Å². The summed E-state index contributed by atoms with van der Waals surface area (Å²) in [5.74, 6) is -1.28. The van der Waals surface area contributed by atoms with Crippen molar-refractivity contribution in [2.24, 2.45) is 0 Å². The highest BCUT2D eigenvalue weighted by Gasteiger charge is 2.24. The van der Waals surface area contributed by atoms with Crippen molar-refractivity contribution < 1.29 is 28.9 Å². The quantitative estimate of drug-likeness (QED) is 0.657. The lowest BCUT2D eigenvalue weighted by atomic mass is 10.2. The van der Waals surface area contributed by atoms with Crippen LogP contribution in [0.5, 0.6) is 0 Å². The van der Waals surface area contributed by atoms with Crippen LogP contribution in [0.3, 0.4) is 0 Å². The van der Waals surface area contributed by atoms with Crippen molar-refractivity contribution in [2.75, 3.05) is 6.16 Å². The summed E-state index contributed by atoms with van der Waals surface area (Å²) in [6.07, 6.45) is -1.22. The number of benzene rings is 1. The smallest absolute Gasteiger partial charge is 0.480 e. The highest BCUT2D eigenvalue weighted by molar-refractivity contribution is 7.37. The lowest BCUT2D eigenvalue weighted by Crippen LogP contribution is -2.41. The SMILES string of the molecule is O=C(N[C@@H](CC[P+](=O)O)C(=O)O)OCc1ccccc1. The van der Waals surface area contributed by atoms with E-state index in [1.165, 1.54) is 0 Å². The van der Waals surface area contributed by atoms with Crippen LogP contribution in [0.1, 0.15) is 12.0 Å². The molecule has 3 N–H and O–H groups in total. The minimum absolute atomic E-state index is 0.0211. The van der Waals surface area contributed by atoms with Gasteiger partial charge in [0.1, 0.15) is 12.6 Å². The van der Waals surface area contributed by atoms with Crippen LogP contribution in [0.2, 0.25) is 0 Å². The first-order valence-corrected chi connectivity index (χ1v) is 7.22. The fourth-order valence-electron chi connectivity index (χ4n) is 1.40. The van der Waals surface area contributed by atoms with Gasteiger partial charge >= 0.3 is 20.1 Å². The van der Waals surface area contributed by atoms with E-state index in [1.54, 1.807) is 24.3 Å². The Kier molecular flexibility index (Phi) is 6.63. The number of alkyl carbamates (subject to hydrolysis) is 1. The zero-order chi connectivity index (χ0) is 15.0. The van der Waals surface area contributed by atoms with Gasteiger partial charge in [-0.05, 0) is 10.1 Å². The number of carboxylic acids is 1. The second-order valence-corrected chi connectivity index (χ2v) is 5.11. The third-order valence-electron chi connectivity index (χ3n) is 2.41. The van der Waals surface area contributed by atoms with Crippen molar-refractivity contribution in [2.45, 2.75) is 19.1 Å². The Hall–Kier alpha value is -1.98. The van der Waals surface area contributed by atoms with Crippen LogP contribution in [0, 0.1) is 0 Å². The van der Waals surface area contributed by atoms with Gasteiger partial charge in [0, 0.05) is 6.42 Å². The molecule has 20 heavy (non-hydrogen) atoms. The lowest BCUT2D eigenvalue weighted by molar-refractivity contribution is -0.139. The Labute approximate surface area is 116 Å². The number of carboxylic acid groups (broad SMARTS) is 1. The molecule has 1 rings (SSSR count). The number of hydrogen-bond donors (Lipinski definition) is 3. The average Bonchev–Trinajstić information content (AvgIpc) is 2.41. The molecule has 1 aromatic carbocycles. The van der Waals surface area contributed by atoms with Crippen LogP contribution in [-0.2, 0) is 20.7 Å². The van der Waals surface area contributed by atoms with E-state index in [-0.39, 0.29) is 19.2 Å². The third-order valence-corrected chi connectivity index (χ3v) is 3.05. The fourth-order valence-corrected chi connectivity index (χ4v) is 1.88. The first-order valence-electron chi connectivity index (χ1n) is 5.82. The molecule has 0 aliphatic carbocycles. The average molecular weight is 300 g/mol. The van der Waals surface area contributed by atoms with Gasteiger partial charge in [-0.3, -0.25) is 0 Å². The van der Waals surface area contributed by atoms with Crippen LogP contribution >= 0.6 is 8.03 Å². The van der Waals surface area contributed by atoms with Gasteiger partial charge in [-0.25, -0.2) is 9.59 Å². The predicted molar refractivity (Wildman–Crippen MR) is 70.5 cm³/mol. The fraction of sp³-hybridized carbons (Fsp3) is 0.333. The van der Waals surface area contributed by atoms with Gasteiger partial charge in [-0.15, -0.1) is 0 Å². The molecule has 1 unspecified atom stereocenters. The monoisotopic (exact) mass is 300 g/mol. The first-order chi connectivity index (χ1) is 9.49. The summed E-state index contributed by atoms with van der Waals surface area (Å²) in [6.45, 7) is 0.0211. The molecular formula is C12H15NO6P+. The molecule has 0 spiro atoms. The van der Waals surface area contributed by atoms with Gasteiger partial charge in [0.15, 0.2) is 6.16 Å². The van der Waals surface area contributed by atoms with E-state index in [0.29, 0.717) is 0 Å². The Balaban J connectivity index is 2.41. The van der Waals surface area contributed by atoms with Gasteiger partial charge < -0.3 is 15.2 Å². The van der Waals surface area contributed by atoms with Gasteiger partial charge in [-0.1, -0.05) is 30.3 Å². The van der Waals surface area contributed by atoms with Crippen LogP contribution in [0.25, 0.3) is 0 Å². The number of rotatable bonds is 7. The van der Waals surface area contributed by atoms with Crippen molar-refractivity contribution in [3.63, 3.8) is 0 Å². The molecule has 0 aromatic heterocycles. The largest absolute Gasteiger partial charge is 0.505 e. The second-order valence-electron chi connectivity index (χ2n) is 3.96. The summed E-state index contributed by atoms with van der Waals surface area (Å²) < 4.78 is 15.4. The molecule has 8 heteroatoms. The molecule has 0 bridgehead atoms. The lowest BCUT2D eigenvalue weighted by Gasteiger charge is -2.12. The van der Waals surface area contributed by atoms with Gasteiger partial charge in [0.2, 0.25) is 0 Å². The molecule has 0 fully saturated rings. The highest BCUT2D eigenvalue weighted by Crippen LogP contribution is 2.15. The maximum Gasteiger partial charge on any atom is 0.505 e. The normalized spacial score (nSPS) is 12.3. The maximum atomic E-state index is 11.4. The number of ether oxygens (including phenoxy) is 1. The standard InChI is InChI=1S/C12H14NO6P/c14-11(15)10(6-7-20(17)18)13-12(16)19-8-9-4-2-1-3-5-9/h1-5,10H,6-8H2,(H2-,13,14,15,16,17,18)/p+1/t10-/m0/s1. The molecule has 0 saturated carbocycles. The molecule has 0 radical (unpaired) electrons. The van der Waals surface area contributed by atoms with E-state index < -0.39 is 26.1 Å². The van der Waals surface area contributed by atoms with Crippen LogP contribution in [-0.4, -0.2) is 34.3 Å². The Morgan fingerprint density at radius 1 is 1.30 bits per heavy atom. The summed E-state index contributed by atoms with van der Waals surface area (Å²) in [7, 11) is -2.43. The minimum Gasteiger partial charge on any atom is -0.480 e. The number of amides is 1. The number of nitrogens with one attached hydrogen (secondary N) is 1. The van der Waals surface area contributed by atoms with E-state index in [4.69, 9.17) is 14.7 Å². The summed E-state index contributed by atoms with van der Waals surface area (Å²) >= 11 is 0. The number of hydrogen-bond acceptors (Lipinski definition) is 4. The van der Waals surface area contributed by atoms with Crippen LogP contribution in [0.15, 0.2) is 30.3 Å². The summed E-state index contributed by atoms with van der Waals surface area (Å²) in [5, 5.41) is 11.0. The molecule has 108 valence electrons. The summed E-state index contributed by atoms with van der Waals surface area (Å²) in [6, 6.07) is 7.67. The van der Waals surface area contributed by atoms with Crippen LogP contribution in [0.4, 0.5) is 4.79 Å². The zero-order valence-electron chi connectivity index (χ0n) is 10.6. The maximum absolute atomic E-state index is 11.4. The van der Waals surface area contributed by atoms with Gasteiger partial charge in [0.25, 0.3) is 0 Å². The Morgan fingerprint density at radius 3 is 2.50 bits per heavy atom. The molecule has 1 aromatic rings. The highest BCUT2D eigenvalue weighted by atomic mass is 31.1. The predicted octanol–water partition coefficient (Wildman–Crippen LogP) is 1.49. The van der Waals surface area contributed by atoms with E-state index in [0.717, 1.165) is 5.56 Å². The van der Waals surface area contributed by atoms with Crippen LogP contribution < -0.4 is 5.32 Å². The van der Waals surface area contributed by atoms with Crippen molar-refractivity contribution in [3.05, 3.63) is 35.9 Å². The summed E-state index contributed by atoms with van der Waals surface area (Å²) in [4.78, 5) is 31.0. The molecule has 0 saturated heterocycles. The molecule has 7 nitrogen and oxygen atoms in total. The van der Waals surface area contributed by atoms with E-state index in [1.807, 2.05) is 6.07 Å². The van der Waals surface area contributed by atoms with Gasteiger partial charge in [-0.2, -0.15) is 4.89 Å². The molecule has 0 heterocycles. The molecule has 0 aliphatic heterocycles. The van der Waals surface area contributed by atoms with E-state index in [9.17, 15) is 14.2 Å². The van der Waals surface area contributed by atoms with Crippen molar-refractivity contribution >= 4 is 20.1 Å². The minimum atomic E-state index is -2.43. The molecule has 0 aliphatic rings. The Morgan fingerprint density at radius 2 is 1.95 bits per heavy atom. The molecule has 2 atom stereocenters. The van der Waals surface area contributed by atoms with E-state index in [2.05, 4.69) is 5.32 Å². The third kappa shape index (κ3) is 6.26. The number of aliphatic carboxylic acids is 1. The topological polar surface area (TPSA) is 113 Å². The van der Waals surface area contributed by atoms with E-state index >= 15 is 0 Å². The summed E-state index contributed by atoms with van der Waals surface area (Å²) in [5.41, 5.74) is 0.771. The van der Waals surface area contributed by atoms with Crippen molar-refractivity contribution in [1.29, 1.82) is 0 Å². The molecular weight excluding hydrogens is 285 g/mol. The van der Waals surface area contributed by atoms with Crippen molar-refractivity contribution in [1.82, 2.24) is 5.32 Å². The number of carbonyl (C=O) groups is 2. The van der Waals surface area contributed by atoms with Crippen molar-refractivity contribution in [3.8, 4) is 0 Å². The second kappa shape index (κ2) is 8.24. The molecule has 1 amide bonds. The zero-order valence-corrected chi connectivity index (χ0v) is 11.5.